The number of alkyl carbamates (subject to hydrolysis) is 1. The Bertz CT molecular complexity index is 761. The zero-order chi connectivity index (χ0) is 27.4. The highest BCUT2D eigenvalue weighted by molar-refractivity contribution is 5.92. The molecule has 3 atom stereocenters. The third-order valence-corrected chi connectivity index (χ3v) is 7.45. The Morgan fingerprint density at radius 2 is 1.68 bits per heavy atom. The van der Waals surface area contributed by atoms with Crippen LogP contribution in [0.3, 0.4) is 0 Å². The molecule has 0 radical (unpaired) electrons. The minimum absolute atomic E-state index is 0.171. The molecule has 10 nitrogen and oxygen atoms in total. The van der Waals surface area contributed by atoms with E-state index in [1.165, 1.54) is 6.92 Å². The number of amides is 3. The van der Waals surface area contributed by atoms with E-state index in [4.69, 9.17) is 9.47 Å². The van der Waals surface area contributed by atoms with E-state index in [1.807, 2.05) is 0 Å². The summed E-state index contributed by atoms with van der Waals surface area (Å²) in [4.78, 5) is 51.3. The number of nitrogens with one attached hydrogen (secondary N) is 3. The summed E-state index contributed by atoms with van der Waals surface area (Å²) in [5.74, 6) is -1.58. The number of aliphatic hydroxyl groups excluding tert-OH is 1. The molecule has 2 fully saturated rings. The standard InChI is InChI=1S/C27H47N3O7/c1-5-6-8-11-21(19(4)31)28-24(33)23(32)22(18(2)3)29-25(34)27(14-9-7-10-15-27)30-26(35)37-20-12-16-36-17-13-20/h18,20-23,32H,5-17H2,1-4H3,(H,28,33)(H,29,34)(H,30,35)/t21-,22-,23+/m0/s1. The van der Waals surface area contributed by atoms with Crippen molar-refractivity contribution in [3.05, 3.63) is 0 Å². The molecule has 1 saturated heterocycles. The van der Waals surface area contributed by atoms with E-state index in [0.717, 1.165) is 38.5 Å². The quantitative estimate of drug-likeness (QED) is 0.271. The van der Waals surface area contributed by atoms with Crippen LogP contribution in [0.4, 0.5) is 4.79 Å². The molecule has 0 aromatic carbocycles. The monoisotopic (exact) mass is 525 g/mol. The Kier molecular flexibility index (Phi) is 12.8. The van der Waals surface area contributed by atoms with Crippen molar-refractivity contribution in [1.29, 1.82) is 0 Å². The molecule has 3 amide bonds. The van der Waals surface area contributed by atoms with Crippen LogP contribution in [-0.2, 0) is 23.9 Å². The SMILES string of the molecule is CCCCC[C@H](NC(=O)[C@H](O)[C@@H](NC(=O)C1(NC(=O)OC2CCOCC2)CCCCC1)C(C)C)C(C)=O. The maximum atomic E-state index is 13.6. The van der Waals surface area contributed by atoms with Gasteiger partial charge in [0, 0.05) is 12.8 Å². The molecule has 0 unspecified atom stereocenters. The second-order valence-corrected chi connectivity index (χ2v) is 10.8. The molecule has 1 saturated carbocycles. The van der Waals surface area contributed by atoms with Crippen LogP contribution >= 0.6 is 0 Å². The Morgan fingerprint density at radius 3 is 2.24 bits per heavy atom. The van der Waals surface area contributed by atoms with Gasteiger partial charge < -0.3 is 30.5 Å². The van der Waals surface area contributed by atoms with Crippen molar-refractivity contribution in [2.24, 2.45) is 5.92 Å². The first-order chi connectivity index (χ1) is 17.6. The third kappa shape index (κ3) is 9.56. The van der Waals surface area contributed by atoms with E-state index in [2.05, 4.69) is 22.9 Å². The number of carbonyl (C=O) groups is 4. The van der Waals surface area contributed by atoms with Gasteiger partial charge in [-0.15, -0.1) is 0 Å². The molecular weight excluding hydrogens is 478 g/mol. The molecule has 1 aliphatic heterocycles. The lowest BCUT2D eigenvalue weighted by molar-refractivity contribution is -0.137. The fourth-order valence-corrected chi connectivity index (χ4v) is 5.03. The normalized spacial score (nSPS) is 20.4. The second-order valence-electron chi connectivity index (χ2n) is 10.8. The minimum atomic E-state index is -1.55. The van der Waals surface area contributed by atoms with E-state index in [1.54, 1.807) is 13.8 Å². The van der Waals surface area contributed by atoms with Gasteiger partial charge >= 0.3 is 6.09 Å². The van der Waals surface area contributed by atoms with Gasteiger partial charge in [0.15, 0.2) is 11.9 Å². The molecule has 2 rings (SSSR count). The van der Waals surface area contributed by atoms with E-state index in [-0.39, 0.29) is 17.8 Å². The van der Waals surface area contributed by atoms with Crippen LogP contribution in [0.1, 0.15) is 98.3 Å². The zero-order valence-electron chi connectivity index (χ0n) is 23.0. The fraction of sp³-hybridized carbons (Fsp3) is 0.852. The summed E-state index contributed by atoms with van der Waals surface area (Å²) >= 11 is 0. The Hall–Kier alpha value is -2.20. The van der Waals surface area contributed by atoms with Gasteiger partial charge in [-0.1, -0.05) is 59.3 Å². The molecule has 0 aromatic heterocycles. The van der Waals surface area contributed by atoms with Crippen molar-refractivity contribution in [1.82, 2.24) is 16.0 Å². The van der Waals surface area contributed by atoms with E-state index in [0.29, 0.717) is 45.3 Å². The highest BCUT2D eigenvalue weighted by atomic mass is 16.6. The maximum Gasteiger partial charge on any atom is 0.408 e. The van der Waals surface area contributed by atoms with Crippen molar-refractivity contribution >= 4 is 23.7 Å². The zero-order valence-corrected chi connectivity index (χ0v) is 23.0. The van der Waals surface area contributed by atoms with Gasteiger partial charge in [0.2, 0.25) is 5.91 Å². The summed E-state index contributed by atoms with van der Waals surface area (Å²) in [7, 11) is 0. The highest BCUT2D eigenvalue weighted by Gasteiger charge is 2.44. The largest absolute Gasteiger partial charge is 0.446 e. The van der Waals surface area contributed by atoms with Crippen molar-refractivity contribution in [3.8, 4) is 0 Å². The van der Waals surface area contributed by atoms with E-state index >= 15 is 0 Å². The van der Waals surface area contributed by atoms with Crippen LogP contribution in [0.5, 0.6) is 0 Å². The lowest BCUT2D eigenvalue weighted by atomic mass is 9.80. The fourth-order valence-electron chi connectivity index (χ4n) is 5.03. The average Bonchev–Trinajstić information content (AvgIpc) is 2.86. The average molecular weight is 526 g/mol. The predicted octanol–water partition coefficient (Wildman–Crippen LogP) is 2.75. The summed E-state index contributed by atoms with van der Waals surface area (Å²) in [6.07, 6.45) is 5.38. The first-order valence-corrected chi connectivity index (χ1v) is 14.0. The first-order valence-electron chi connectivity index (χ1n) is 14.0. The molecule has 4 N–H and O–H groups in total. The second kappa shape index (κ2) is 15.3. The van der Waals surface area contributed by atoms with Crippen molar-refractivity contribution in [2.75, 3.05) is 13.2 Å². The predicted molar refractivity (Wildman–Crippen MR) is 139 cm³/mol. The van der Waals surface area contributed by atoms with Gasteiger partial charge in [-0.3, -0.25) is 14.4 Å². The van der Waals surface area contributed by atoms with Crippen LogP contribution in [0.25, 0.3) is 0 Å². The Labute approximate surface area is 221 Å². The number of hydrogen-bond acceptors (Lipinski definition) is 7. The van der Waals surface area contributed by atoms with Gasteiger partial charge in [0.1, 0.15) is 11.6 Å². The topological polar surface area (TPSA) is 143 Å². The molecule has 0 aromatic rings. The van der Waals surface area contributed by atoms with Crippen LogP contribution in [0, 0.1) is 5.92 Å². The lowest BCUT2D eigenvalue weighted by Crippen LogP contribution is -2.64. The molecule has 37 heavy (non-hydrogen) atoms. The minimum Gasteiger partial charge on any atom is -0.446 e. The maximum absolute atomic E-state index is 13.6. The van der Waals surface area contributed by atoms with Crippen LogP contribution in [0.2, 0.25) is 0 Å². The number of ether oxygens (including phenoxy) is 2. The number of carbonyl (C=O) groups excluding carboxylic acids is 4. The van der Waals surface area contributed by atoms with Gasteiger partial charge in [0.25, 0.3) is 5.91 Å². The number of hydrogen-bond donors (Lipinski definition) is 4. The summed E-state index contributed by atoms with van der Waals surface area (Å²) in [5, 5.41) is 19.3. The summed E-state index contributed by atoms with van der Waals surface area (Å²) in [5.41, 5.74) is -1.17. The van der Waals surface area contributed by atoms with Crippen molar-refractivity contribution in [2.45, 2.75) is 128 Å². The summed E-state index contributed by atoms with van der Waals surface area (Å²) in [6.45, 7) is 8.13. The molecule has 1 heterocycles. The number of ketones is 1. The van der Waals surface area contributed by atoms with Gasteiger partial charge in [-0.2, -0.15) is 0 Å². The molecule has 0 bridgehead atoms. The molecular formula is C27H47N3O7. The number of aliphatic hydroxyl groups is 1. The molecule has 10 heteroatoms. The first kappa shape index (κ1) is 31.0. The molecule has 0 spiro atoms. The van der Waals surface area contributed by atoms with Crippen LogP contribution in [0.15, 0.2) is 0 Å². The summed E-state index contributed by atoms with van der Waals surface area (Å²) in [6, 6.07) is -1.58. The smallest absolute Gasteiger partial charge is 0.408 e. The summed E-state index contributed by atoms with van der Waals surface area (Å²) < 4.78 is 10.9. The Morgan fingerprint density at radius 1 is 1.03 bits per heavy atom. The number of Topliss-reactive ketones (excluding diaryl/α,β-unsaturated/α-hetero) is 1. The van der Waals surface area contributed by atoms with Gasteiger partial charge in [-0.25, -0.2) is 4.79 Å². The van der Waals surface area contributed by atoms with Crippen molar-refractivity contribution < 1.29 is 33.8 Å². The van der Waals surface area contributed by atoms with Crippen LogP contribution in [-0.4, -0.2) is 71.8 Å². The molecule has 212 valence electrons. The lowest BCUT2D eigenvalue weighted by Gasteiger charge is -2.39. The van der Waals surface area contributed by atoms with Crippen molar-refractivity contribution in [3.63, 3.8) is 0 Å². The highest BCUT2D eigenvalue weighted by Crippen LogP contribution is 2.29. The Balaban J connectivity index is 2.08. The van der Waals surface area contributed by atoms with Crippen LogP contribution < -0.4 is 16.0 Å². The molecule has 1 aliphatic carbocycles. The van der Waals surface area contributed by atoms with E-state index < -0.39 is 41.6 Å². The number of unbranched alkanes of at least 4 members (excludes halogenated alkanes) is 2. The molecule has 2 aliphatic rings. The number of rotatable bonds is 13. The third-order valence-electron chi connectivity index (χ3n) is 7.45. The van der Waals surface area contributed by atoms with Gasteiger partial charge in [0.05, 0.1) is 25.3 Å². The van der Waals surface area contributed by atoms with Gasteiger partial charge in [-0.05, 0) is 32.1 Å². The van der Waals surface area contributed by atoms with E-state index in [9.17, 15) is 24.3 Å².